The number of hydrogen-bond donors (Lipinski definition) is 3. The van der Waals surface area contributed by atoms with E-state index in [1.807, 2.05) is 4.90 Å². The molecular formula is C11H21N5OS. The van der Waals surface area contributed by atoms with E-state index in [-0.39, 0.29) is 22.3 Å². The van der Waals surface area contributed by atoms with E-state index in [2.05, 4.69) is 4.99 Å². The molecule has 1 rings (SSSR count). The maximum absolute atomic E-state index is 12.2. The van der Waals surface area contributed by atoms with Crippen molar-refractivity contribution in [2.75, 3.05) is 13.1 Å². The van der Waals surface area contributed by atoms with Crippen molar-refractivity contribution >= 4 is 28.8 Å². The second-order valence-corrected chi connectivity index (χ2v) is 5.67. The molecule has 0 bridgehead atoms. The Morgan fingerprint density at radius 1 is 1.28 bits per heavy atom. The van der Waals surface area contributed by atoms with Gasteiger partial charge in [0.05, 0.1) is 5.25 Å². The van der Waals surface area contributed by atoms with Crippen molar-refractivity contribution in [1.82, 2.24) is 4.90 Å². The Morgan fingerprint density at radius 2 is 1.83 bits per heavy atom. The summed E-state index contributed by atoms with van der Waals surface area (Å²) in [6.45, 7) is 3.42. The molecule has 1 aliphatic rings. The highest BCUT2D eigenvalue weighted by Gasteiger charge is 2.22. The van der Waals surface area contributed by atoms with Crippen LogP contribution in [0.15, 0.2) is 4.99 Å². The van der Waals surface area contributed by atoms with Crippen LogP contribution in [0.1, 0.15) is 32.6 Å². The summed E-state index contributed by atoms with van der Waals surface area (Å²) < 4.78 is 0. The molecule has 5 N–H and O–H groups in total. The summed E-state index contributed by atoms with van der Waals surface area (Å²) in [6.07, 6.45) is 4.51. The van der Waals surface area contributed by atoms with Crippen molar-refractivity contribution in [3.63, 3.8) is 0 Å². The average Bonchev–Trinajstić information content (AvgIpc) is 2.55. The molecule has 7 heteroatoms. The lowest BCUT2D eigenvalue weighted by Gasteiger charge is -2.23. The second-order valence-electron chi connectivity index (χ2n) is 4.34. The number of nitrogens with one attached hydrogen (secondary N) is 1. The van der Waals surface area contributed by atoms with E-state index < -0.39 is 0 Å². The van der Waals surface area contributed by atoms with Crippen molar-refractivity contribution in [3.05, 3.63) is 0 Å². The smallest absolute Gasteiger partial charge is 0.235 e. The number of carbonyl (C=O) groups excluding carboxylic acids is 1. The van der Waals surface area contributed by atoms with E-state index in [9.17, 15) is 4.79 Å². The van der Waals surface area contributed by atoms with Crippen LogP contribution in [0.2, 0.25) is 0 Å². The topological polar surface area (TPSA) is 109 Å². The number of carbonyl (C=O) groups is 1. The third-order valence-corrected chi connectivity index (χ3v) is 3.65. The number of amides is 1. The van der Waals surface area contributed by atoms with Gasteiger partial charge in [-0.15, -0.1) is 0 Å². The predicted octanol–water partition coefficient (Wildman–Crippen LogP) is 0.719. The van der Waals surface area contributed by atoms with Crippen molar-refractivity contribution in [2.24, 2.45) is 16.5 Å². The van der Waals surface area contributed by atoms with Crippen LogP contribution < -0.4 is 11.5 Å². The number of nitrogens with zero attached hydrogens (tertiary/aromatic N) is 2. The largest absolute Gasteiger partial charge is 0.370 e. The average molecular weight is 271 g/mol. The van der Waals surface area contributed by atoms with Gasteiger partial charge in [-0.25, -0.2) is 0 Å². The Labute approximate surface area is 112 Å². The molecule has 1 atom stereocenters. The Hall–Kier alpha value is -1.24. The summed E-state index contributed by atoms with van der Waals surface area (Å²) >= 11 is 1.08. The molecule has 0 aromatic heterocycles. The van der Waals surface area contributed by atoms with Crippen molar-refractivity contribution in [2.45, 2.75) is 37.9 Å². The minimum Gasteiger partial charge on any atom is -0.370 e. The van der Waals surface area contributed by atoms with Gasteiger partial charge in [-0.2, -0.15) is 4.99 Å². The first-order valence-electron chi connectivity index (χ1n) is 6.14. The van der Waals surface area contributed by atoms with Crippen LogP contribution in [-0.2, 0) is 4.79 Å². The summed E-state index contributed by atoms with van der Waals surface area (Å²) in [5, 5.41) is 7.20. The lowest BCUT2D eigenvalue weighted by atomic mass is 10.2. The van der Waals surface area contributed by atoms with Crippen LogP contribution in [0.4, 0.5) is 0 Å². The predicted molar refractivity (Wildman–Crippen MR) is 75.6 cm³/mol. The van der Waals surface area contributed by atoms with Gasteiger partial charge in [-0.1, -0.05) is 24.6 Å². The maximum Gasteiger partial charge on any atom is 0.235 e. The fourth-order valence-electron chi connectivity index (χ4n) is 1.91. The summed E-state index contributed by atoms with van der Waals surface area (Å²) in [5.41, 5.74) is 10.4. The van der Waals surface area contributed by atoms with Crippen molar-refractivity contribution in [1.29, 1.82) is 5.41 Å². The fraction of sp³-hybridized carbons (Fsp3) is 0.727. The zero-order chi connectivity index (χ0) is 13.5. The van der Waals surface area contributed by atoms with Gasteiger partial charge < -0.3 is 16.4 Å². The van der Waals surface area contributed by atoms with Crippen molar-refractivity contribution < 1.29 is 4.79 Å². The molecule has 0 aromatic carbocycles. The Bertz CT molecular complexity index is 332. The van der Waals surface area contributed by atoms with Crippen LogP contribution in [0, 0.1) is 5.41 Å². The molecule has 0 aliphatic carbocycles. The van der Waals surface area contributed by atoms with Crippen LogP contribution >= 0.6 is 11.8 Å². The third kappa shape index (κ3) is 4.95. The second kappa shape index (κ2) is 7.25. The summed E-state index contributed by atoms with van der Waals surface area (Å²) in [4.78, 5) is 17.7. The summed E-state index contributed by atoms with van der Waals surface area (Å²) in [7, 11) is 0. The van der Waals surface area contributed by atoms with Gasteiger partial charge in [-0.05, 0) is 19.8 Å². The van der Waals surface area contributed by atoms with Crippen LogP contribution in [0.5, 0.6) is 0 Å². The zero-order valence-corrected chi connectivity index (χ0v) is 11.5. The summed E-state index contributed by atoms with van der Waals surface area (Å²) in [5.74, 6) is -0.0839. The van der Waals surface area contributed by atoms with E-state index >= 15 is 0 Å². The van der Waals surface area contributed by atoms with Gasteiger partial charge in [0.25, 0.3) is 0 Å². The minimum atomic E-state index is -0.321. The lowest BCUT2D eigenvalue weighted by molar-refractivity contribution is -0.130. The third-order valence-electron chi connectivity index (χ3n) is 2.78. The highest BCUT2D eigenvalue weighted by Crippen LogP contribution is 2.18. The number of amidine groups is 1. The maximum atomic E-state index is 12.2. The molecular weight excluding hydrogens is 250 g/mol. The Kier molecular flexibility index (Phi) is 5.97. The molecule has 1 fully saturated rings. The van der Waals surface area contributed by atoms with Gasteiger partial charge in [0.1, 0.15) is 0 Å². The molecule has 102 valence electrons. The normalized spacial score (nSPS) is 17.7. The van der Waals surface area contributed by atoms with Gasteiger partial charge in [0.15, 0.2) is 11.1 Å². The van der Waals surface area contributed by atoms with Gasteiger partial charge in [0, 0.05) is 13.1 Å². The fourth-order valence-corrected chi connectivity index (χ4v) is 2.65. The molecule has 0 radical (unpaired) electrons. The van der Waals surface area contributed by atoms with Crippen molar-refractivity contribution in [3.8, 4) is 0 Å². The molecule has 0 saturated carbocycles. The molecule has 1 saturated heterocycles. The van der Waals surface area contributed by atoms with E-state index in [1.165, 1.54) is 12.8 Å². The number of rotatable bonds is 2. The van der Waals surface area contributed by atoms with E-state index in [0.29, 0.717) is 0 Å². The number of hydrogen-bond acceptors (Lipinski definition) is 3. The monoisotopic (exact) mass is 271 g/mol. The molecule has 1 unspecified atom stereocenters. The standard InChI is InChI=1S/C11H21N5OS/c1-8(18-11(14)15-10(12)13)9(17)16-6-4-2-3-5-7-16/h8H,2-7H2,1H3,(H5,12,13,14,15). The molecule has 1 heterocycles. The first-order valence-corrected chi connectivity index (χ1v) is 7.02. The number of likely N-dealkylation sites (tertiary alicyclic amines) is 1. The minimum absolute atomic E-state index is 0.0225. The highest BCUT2D eigenvalue weighted by molar-refractivity contribution is 8.14. The SMILES string of the molecule is CC(SC(=N)N=C(N)N)C(=O)N1CCCCCC1. The Morgan fingerprint density at radius 3 is 2.33 bits per heavy atom. The van der Waals surface area contributed by atoms with E-state index in [0.717, 1.165) is 37.7 Å². The van der Waals surface area contributed by atoms with E-state index in [1.54, 1.807) is 6.92 Å². The van der Waals surface area contributed by atoms with Gasteiger partial charge in [0.2, 0.25) is 5.91 Å². The molecule has 6 nitrogen and oxygen atoms in total. The number of nitrogens with two attached hydrogens (primary N) is 2. The first kappa shape index (κ1) is 14.8. The van der Waals surface area contributed by atoms with Crippen LogP contribution in [0.3, 0.4) is 0 Å². The van der Waals surface area contributed by atoms with Gasteiger partial charge >= 0.3 is 0 Å². The van der Waals surface area contributed by atoms with Crippen LogP contribution in [-0.4, -0.2) is 40.3 Å². The first-order chi connectivity index (χ1) is 8.50. The number of aliphatic imine (C=N–C) groups is 1. The zero-order valence-electron chi connectivity index (χ0n) is 10.7. The van der Waals surface area contributed by atoms with Gasteiger partial charge in [-0.3, -0.25) is 10.2 Å². The molecule has 0 spiro atoms. The van der Waals surface area contributed by atoms with E-state index in [4.69, 9.17) is 16.9 Å². The Balaban J connectivity index is 2.49. The number of guanidine groups is 1. The lowest BCUT2D eigenvalue weighted by Crippen LogP contribution is -2.37. The highest BCUT2D eigenvalue weighted by atomic mass is 32.2. The molecule has 1 amide bonds. The number of thioether (sulfide) groups is 1. The van der Waals surface area contributed by atoms with Crippen LogP contribution in [0.25, 0.3) is 0 Å². The molecule has 1 aliphatic heterocycles. The quantitative estimate of drug-likeness (QED) is 0.508. The summed E-state index contributed by atoms with van der Waals surface area (Å²) in [6, 6.07) is 0. The molecule has 0 aromatic rings. The molecule has 18 heavy (non-hydrogen) atoms.